The zero-order valence-corrected chi connectivity index (χ0v) is 34.9. The zero-order valence-electron chi connectivity index (χ0n) is 34.9. The van der Waals surface area contributed by atoms with Crippen molar-refractivity contribution >= 4 is 5.97 Å². The van der Waals surface area contributed by atoms with Crippen LogP contribution in [0.2, 0.25) is 0 Å². The van der Waals surface area contributed by atoms with Crippen LogP contribution in [0.1, 0.15) is 88.5 Å². The molecule has 1 saturated heterocycles. The fourth-order valence-corrected chi connectivity index (χ4v) is 7.36. The monoisotopic (exact) mass is 807 g/mol. The summed E-state index contributed by atoms with van der Waals surface area (Å²) in [6.45, 7) is 16.8. The van der Waals surface area contributed by atoms with Gasteiger partial charge in [0.1, 0.15) is 55.4 Å². The summed E-state index contributed by atoms with van der Waals surface area (Å²) in [4.78, 5) is 12.5. The van der Waals surface area contributed by atoms with Crippen LogP contribution < -0.4 is 0 Å². The highest BCUT2D eigenvalue weighted by molar-refractivity contribution is 5.87. The van der Waals surface area contributed by atoms with Gasteiger partial charge in [-0.2, -0.15) is 0 Å². The van der Waals surface area contributed by atoms with Crippen molar-refractivity contribution in [2.45, 2.75) is 162 Å². The molecule has 0 amide bonds. The van der Waals surface area contributed by atoms with E-state index in [9.17, 15) is 55.9 Å². The van der Waals surface area contributed by atoms with Crippen molar-refractivity contribution in [3.05, 3.63) is 34.9 Å². The molecule has 0 aromatic heterocycles. The summed E-state index contributed by atoms with van der Waals surface area (Å²) in [5.74, 6) is -1.37. The predicted molar refractivity (Wildman–Crippen MR) is 209 cm³/mol. The third-order valence-electron chi connectivity index (χ3n) is 11.0. The van der Waals surface area contributed by atoms with E-state index in [1.54, 1.807) is 33.8 Å². The summed E-state index contributed by atoms with van der Waals surface area (Å²) in [5.41, 5.74) is 1.26. The second kappa shape index (κ2) is 24.9. The lowest BCUT2D eigenvalue weighted by atomic mass is 9.82. The van der Waals surface area contributed by atoms with E-state index in [2.05, 4.69) is 20.8 Å². The molecular formula is C41H74O15. The second-order valence-electron chi connectivity index (χ2n) is 16.4. The fraction of sp³-hybridized carbons (Fsp3) is 0.829. The Hall–Kier alpha value is -1.83. The minimum absolute atomic E-state index is 0.0574. The standard InChI is InChI=1S/C41H74O15/c1-11-20(2)12-21(3)13-26(8)39(56-41-38(52)37(51)36(50)31(18-43)55-41)27(9)15-24(6)32(46)22(4)14-23(5)33(47)25(7)16-28(10)40(53)54-19-30(45)35(49)34(48)29(44)17-42/h14-16,20-22,25-27,29-39,41-52H,11-13,17-19H2,1-10H3/b23-14+,24-15+,28-16+/t20-,21-,22-,25-,26-,27-,29+,30+,31?,32-,33+,34+,35+,36?,37?,38?,39+,41?/m0/s1. The summed E-state index contributed by atoms with van der Waals surface area (Å²) >= 11 is 0. The molecular weight excluding hydrogens is 732 g/mol. The van der Waals surface area contributed by atoms with Gasteiger partial charge in [-0.25, -0.2) is 4.79 Å². The quantitative estimate of drug-likeness (QED) is 0.0365. The molecule has 11 N–H and O–H groups in total. The van der Waals surface area contributed by atoms with E-state index in [1.807, 2.05) is 19.9 Å². The molecule has 18 atom stereocenters. The Labute approximate surface area is 333 Å². The maximum Gasteiger partial charge on any atom is 0.333 e. The average molecular weight is 807 g/mol. The molecule has 0 bridgehead atoms. The molecule has 56 heavy (non-hydrogen) atoms. The number of rotatable bonds is 24. The summed E-state index contributed by atoms with van der Waals surface area (Å²) < 4.78 is 17.1. The largest absolute Gasteiger partial charge is 0.459 e. The molecule has 1 aliphatic rings. The molecule has 15 heteroatoms. The van der Waals surface area contributed by atoms with Gasteiger partial charge in [-0.3, -0.25) is 0 Å². The number of hydrogen-bond donors (Lipinski definition) is 11. The first kappa shape index (κ1) is 52.2. The van der Waals surface area contributed by atoms with Gasteiger partial charge in [-0.05, 0) is 62.5 Å². The van der Waals surface area contributed by atoms with Crippen LogP contribution in [0, 0.1) is 35.5 Å². The van der Waals surface area contributed by atoms with Crippen LogP contribution in [0.4, 0.5) is 0 Å². The van der Waals surface area contributed by atoms with Crippen LogP contribution >= 0.6 is 0 Å². The van der Waals surface area contributed by atoms with Gasteiger partial charge in [0.25, 0.3) is 0 Å². The minimum Gasteiger partial charge on any atom is -0.459 e. The maximum atomic E-state index is 12.5. The van der Waals surface area contributed by atoms with Gasteiger partial charge < -0.3 is 70.4 Å². The minimum atomic E-state index is -1.88. The number of aliphatic hydroxyl groups excluding tert-OH is 11. The van der Waals surface area contributed by atoms with Gasteiger partial charge in [0, 0.05) is 23.3 Å². The molecule has 0 spiro atoms. The Morgan fingerprint density at radius 1 is 0.696 bits per heavy atom. The number of hydrogen-bond acceptors (Lipinski definition) is 15. The number of ether oxygens (including phenoxy) is 3. The first-order chi connectivity index (χ1) is 26.0. The Morgan fingerprint density at radius 2 is 1.21 bits per heavy atom. The lowest BCUT2D eigenvalue weighted by molar-refractivity contribution is -0.317. The average Bonchev–Trinajstić information content (AvgIpc) is 3.16. The summed E-state index contributed by atoms with van der Waals surface area (Å²) in [5, 5.41) is 112. The third kappa shape index (κ3) is 15.7. The summed E-state index contributed by atoms with van der Waals surface area (Å²) in [6.07, 6.45) is -8.89. The Balaban J connectivity index is 3.12. The highest BCUT2D eigenvalue weighted by atomic mass is 16.7. The SMILES string of the molecule is CC[C@H](C)C[C@H](C)C[C@H](C)[C@@H](OC1OC(CO)C(O)C(O)C1O)[C@@H](C)/C=C(\C)[C@@H](O)[C@@H](C)/C=C(\C)[C@@H](O)[C@@H](C)/C=C(\C)C(=O)OC[C@@H](O)[C@@H](O)[C@H](O)[C@H](O)CO. The summed E-state index contributed by atoms with van der Waals surface area (Å²) in [7, 11) is 0. The molecule has 1 fully saturated rings. The molecule has 328 valence electrons. The zero-order chi connectivity index (χ0) is 43.2. The highest BCUT2D eigenvalue weighted by Gasteiger charge is 2.45. The number of aliphatic hydroxyl groups is 11. The van der Waals surface area contributed by atoms with E-state index >= 15 is 0 Å². The molecule has 1 heterocycles. The molecule has 1 aliphatic heterocycles. The number of carbonyl (C=O) groups excluding carboxylic acids is 1. The van der Waals surface area contributed by atoms with E-state index in [0.29, 0.717) is 23.0 Å². The number of esters is 1. The third-order valence-corrected chi connectivity index (χ3v) is 11.0. The van der Waals surface area contributed by atoms with Crippen molar-refractivity contribution in [3.8, 4) is 0 Å². The molecule has 0 aromatic carbocycles. The summed E-state index contributed by atoms with van der Waals surface area (Å²) in [6, 6.07) is 0. The van der Waals surface area contributed by atoms with Gasteiger partial charge in [-0.1, -0.05) is 73.1 Å². The van der Waals surface area contributed by atoms with Crippen LogP contribution in [-0.2, 0) is 19.0 Å². The van der Waals surface area contributed by atoms with Crippen molar-refractivity contribution in [2.75, 3.05) is 19.8 Å². The van der Waals surface area contributed by atoms with Gasteiger partial charge in [-0.15, -0.1) is 0 Å². The molecule has 15 nitrogen and oxygen atoms in total. The van der Waals surface area contributed by atoms with Crippen LogP contribution in [0.5, 0.6) is 0 Å². The predicted octanol–water partition coefficient (Wildman–Crippen LogP) is 0.718. The molecule has 5 unspecified atom stereocenters. The smallest absolute Gasteiger partial charge is 0.333 e. The molecule has 0 aromatic rings. The van der Waals surface area contributed by atoms with E-state index < -0.39 is 111 Å². The van der Waals surface area contributed by atoms with Crippen LogP contribution in [0.15, 0.2) is 34.9 Å². The number of carbonyl (C=O) groups is 1. The Kier molecular flexibility index (Phi) is 23.2. The lowest BCUT2D eigenvalue weighted by Gasteiger charge is -2.42. The Bertz CT molecular complexity index is 1240. The van der Waals surface area contributed by atoms with Crippen LogP contribution in [-0.4, -0.2) is 155 Å². The van der Waals surface area contributed by atoms with E-state index in [1.165, 1.54) is 13.0 Å². The van der Waals surface area contributed by atoms with E-state index in [4.69, 9.17) is 19.3 Å². The normalized spacial score (nSPS) is 28.5. The van der Waals surface area contributed by atoms with Gasteiger partial charge in [0.2, 0.25) is 0 Å². The van der Waals surface area contributed by atoms with Crippen LogP contribution in [0.25, 0.3) is 0 Å². The van der Waals surface area contributed by atoms with Crippen molar-refractivity contribution < 1.29 is 75.2 Å². The molecule has 0 radical (unpaired) electrons. The van der Waals surface area contributed by atoms with E-state index in [0.717, 1.165) is 19.3 Å². The van der Waals surface area contributed by atoms with Crippen molar-refractivity contribution in [1.82, 2.24) is 0 Å². The molecule has 0 saturated carbocycles. The van der Waals surface area contributed by atoms with Crippen molar-refractivity contribution in [3.63, 3.8) is 0 Å². The van der Waals surface area contributed by atoms with E-state index in [-0.39, 0.29) is 17.4 Å². The van der Waals surface area contributed by atoms with Crippen molar-refractivity contribution in [1.29, 1.82) is 0 Å². The van der Waals surface area contributed by atoms with Gasteiger partial charge in [0.05, 0.1) is 31.5 Å². The molecule has 1 rings (SSSR count). The van der Waals surface area contributed by atoms with Gasteiger partial charge in [0.15, 0.2) is 6.29 Å². The second-order valence-corrected chi connectivity index (χ2v) is 16.4. The highest BCUT2D eigenvalue weighted by Crippen LogP contribution is 2.33. The van der Waals surface area contributed by atoms with Crippen LogP contribution in [0.3, 0.4) is 0 Å². The topological polar surface area (TPSA) is 267 Å². The van der Waals surface area contributed by atoms with Gasteiger partial charge >= 0.3 is 5.97 Å². The first-order valence-electron chi connectivity index (χ1n) is 19.9. The lowest BCUT2D eigenvalue weighted by Crippen LogP contribution is -2.60. The fourth-order valence-electron chi connectivity index (χ4n) is 7.36. The van der Waals surface area contributed by atoms with Crippen molar-refractivity contribution in [2.24, 2.45) is 35.5 Å². The Morgan fingerprint density at radius 3 is 1.73 bits per heavy atom. The first-order valence-corrected chi connectivity index (χ1v) is 19.9. The maximum absolute atomic E-state index is 12.5. The molecule has 0 aliphatic carbocycles.